The van der Waals surface area contributed by atoms with Crippen LogP contribution in [0, 0.1) is 12.8 Å². The molecular formula is C13H20N2OS. The third-order valence-corrected chi connectivity index (χ3v) is 4.57. The predicted octanol–water partition coefficient (Wildman–Crippen LogP) is 2.26. The van der Waals surface area contributed by atoms with Crippen LogP contribution < -0.4 is 5.73 Å². The number of nitrogens with two attached hydrogens (primary N) is 1. The minimum absolute atomic E-state index is 0.158. The van der Waals surface area contributed by atoms with E-state index >= 15 is 0 Å². The van der Waals surface area contributed by atoms with Crippen molar-refractivity contribution in [1.82, 2.24) is 4.90 Å². The van der Waals surface area contributed by atoms with Gasteiger partial charge in [0.15, 0.2) is 0 Å². The highest BCUT2D eigenvalue weighted by Gasteiger charge is 2.31. The first-order valence-electron chi connectivity index (χ1n) is 6.19. The largest absolute Gasteiger partial charge is 0.334 e. The van der Waals surface area contributed by atoms with Gasteiger partial charge in [0.25, 0.3) is 5.91 Å². The fourth-order valence-electron chi connectivity index (χ4n) is 2.60. The summed E-state index contributed by atoms with van der Waals surface area (Å²) in [5.41, 5.74) is 7.75. The summed E-state index contributed by atoms with van der Waals surface area (Å²) in [4.78, 5) is 14.4. The van der Waals surface area contributed by atoms with Crippen molar-refractivity contribution >= 4 is 17.2 Å². The molecular weight excluding hydrogens is 232 g/mol. The molecule has 2 N–H and O–H groups in total. The minimum atomic E-state index is 0.158. The number of carbonyl (C=O) groups is 1. The van der Waals surface area contributed by atoms with Crippen molar-refractivity contribution in [3.63, 3.8) is 0 Å². The third kappa shape index (κ3) is 2.38. The highest BCUT2D eigenvalue weighted by Crippen LogP contribution is 2.26. The molecule has 0 spiro atoms. The Labute approximate surface area is 107 Å². The summed E-state index contributed by atoms with van der Waals surface area (Å²) >= 11 is 1.59. The van der Waals surface area contributed by atoms with E-state index in [4.69, 9.17) is 5.73 Å². The highest BCUT2D eigenvalue weighted by molar-refractivity contribution is 7.08. The first-order valence-corrected chi connectivity index (χ1v) is 7.13. The van der Waals surface area contributed by atoms with Crippen LogP contribution in [0.3, 0.4) is 0 Å². The molecule has 1 saturated heterocycles. The van der Waals surface area contributed by atoms with Crippen LogP contribution in [0.1, 0.15) is 35.7 Å². The standard InChI is InChI=1S/C13H20N2OS/c1-9-4-3-5-15(12(9)6-14)13(16)11-8-17-7-10(11)2/h7-9,12H,3-6,14H2,1-2H3/t9-,12-/m0/s1. The van der Waals surface area contributed by atoms with E-state index in [1.807, 2.05) is 22.6 Å². The van der Waals surface area contributed by atoms with E-state index in [-0.39, 0.29) is 11.9 Å². The molecule has 1 aliphatic rings. The zero-order chi connectivity index (χ0) is 12.4. The maximum Gasteiger partial charge on any atom is 0.255 e. The zero-order valence-corrected chi connectivity index (χ0v) is 11.3. The molecule has 0 bridgehead atoms. The molecule has 0 aromatic carbocycles. The first kappa shape index (κ1) is 12.6. The Morgan fingerprint density at radius 2 is 2.35 bits per heavy atom. The molecule has 1 amide bonds. The fraction of sp³-hybridized carbons (Fsp3) is 0.615. The van der Waals surface area contributed by atoms with E-state index in [0.717, 1.165) is 24.1 Å². The van der Waals surface area contributed by atoms with E-state index < -0.39 is 0 Å². The number of carbonyl (C=O) groups excluding carboxylic acids is 1. The van der Waals surface area contributed by atoms with Crippen LogP contribution in [0.4, 0.5) is 0 Å². The minimum Gasteiger partial charge on any atom is -0.334 e. The van der Waals surface area contributed by atoms with Crippen molar-refractivity contribution in [2.45, 2.75) is 32.7 Å². The van der Waals surface area contributed by atoms with Crippen molar-refractivity contribution in [3.8, 4) is 0 Å². The van der Waals surface area contributed by atoms with Crippen LogP contribution in [-0.4, -0.2) is 29.9 Å². The van der Waals surface area contributed by atoms with Gasteiger partial charge in [-0.25, -0.2) is 0 Å². The van der Waals surface area contributed by atoms with Crippen molar-refractivity contribution in [2.75, 3.05) is 13.1 Å². The fourth-order valence-corrected chi connectivity index (χ4v) is 3.42. The monoisotopic (exact) mass is 252 g/mol. The summed E-state index contributed by atoms with van der Waals surface area (Å²) in [5.74, 6) is 0.669. The molecule has 2 heterocycles. The second-order valence-corrected chi connectivity index (χ2v) is 5.63. The van der Waals surface area contributed by atoms with Crippen LogP contribution in [-0.2, 0) is 0 Å². The van der Waals surface area contributed by atoms with Gasteiger partial charge in [-0.05, 0) is 36.6 Å². The topological polar surface area (TPSA) is 46.3 Å². The summed E-state index contributed by atoms with van der Waals surface area (Å²) in [7, 11) is 0. The van der Waals surface area contributed by atoms with Gasteiger partial charge in [0.2, 0.25) is 0 Å². The summed E-state index contributed by atoms with van der Waals surface area (Å²) in [5, 5.41) is 3.97. The number of hydrogen-bond acceptors (Lipinski definition) is 3. The second kappa shape index (κ2) is 5.19. The summed E-state index contributed by atoms with van der Waals surface area (Å²) in [6.07, 6.45) is 2.26. The Morgan fingerprint density at radius 1 is 1.59 bits per heavy atom. The Morgan fingerprint density at radius 3 is 2.94 bits per heavy atom. The summed E-state index contributed by atoms with van der Waals surface area (Å²) < 4.78 is 0. The van der Waals surface area contributed by atoms with E-state index in [1.54, 1.807) is 11.3 Å². The summed E-state index contributed by atoms with van der Waals surface area (Å²) in [6, 6.07) is 0.204. The Balaban J connectivity index is 2.21. The van der Waals surface area contributed by atoms with Gasteiger partial charge in [0, 0.05) is 24.5 Å². The molecule has 0 aliphatic carbocycles. The molecule has 1 aromatic rings. The van der Waals surface area contributed by atoms with E-state index in [9.17, 15) is 4.79 Å². The smallest absolute Gasteiger partial charge is 0.255 e. The summed E-state index contributed by atoms with van der Waals surface area (Å²) in [6.45, 7) is 5.60. The SMILES string of the molecule is Cc1cscc1C(=O)N1CCC[C@H](C)[C@@H]1CN. The lowest BCUT2D eigenvalue weighted by atomic mass is 9.90. The molecule has 0 unspecified atom stereocenters. The number of rotatable bonds is 2. The second-order valence-electron chi connectivity index (χ2n) is 4.89. The molecule has 2 atom stereocenters. The maximum absolute atomic E-state index is 12.5. The molecule has 4 heteroatoms. The van der Waals surface area contributed by atoms with E-state index in [2.05, 4.69) is 6.92 Å². The van der Waals surface area contributed by atoms with Gasteiger partial charge >= 0.3 is 0 Å². The van der Waals surface area contributed by atoms with E-state index in [1.165, 1.54) is 6.42 Å². The van der Waals surface area contributed by atoms with Crippen LogP contribution in [0.2, 0.25) is 0 Å². The number of piperidine rings is 1. The molecule has 17 heavy (non-hydrogen) atoms. The van der Waals surface area contributed by atoms with Crippen molar-refractivity contribution < 1.29 is 4.79 Å². The quantitative estimate of drug-likeness (QED) is 0.877. The molecule has 0 radical (unpaired) electrons. The average molecular weight is 252 g/mol. The Kier molecular flexibility index (Phi) is 3.84. The Bertz CT molecular complexity index is 402. The molecule has 3 nitrogen and oxygen atoms in total. The molecule has 1 aromatic heterocycles. The normalized spacial score (nSPS) is 25.0. The van der Waals surface area contributed by atoms with Gasteiger partial charge in [-0.3, -0.25) is 4.79 Å². The molecule has 0 saturated carbocycles. The predicted molar refractivity (Wildman–Crippen MR) is 71.3 cm³/mol. The van der Waals surface area contributed by atoms with Gasteiger partial charge < -0.3 is 10.6 Å². The average Bonchev–Trinajstić information content (AvgIpc) is 2.74. The van der Waals surface area contributed by atoms with Gasteiger partial charge in [-0.2, -0.15) is 11.3 Å². The Hall–Kier alpha value is -0.870. The molecule has 94 valence electrons. The molecule has 1 aliphatic heterocycles. The van der Waals surface area contributed by atoms with Crippen LogP contribution in [0.15, 0.2) is 10.8 Å². The lowest BCUT2D eigenvalue weighted by Gasteiger charge is -2.39. The molecule has 2 rings (SSSR count). The number of hydrogen-bond donors (Lipinski definition) is 1. The van der Waals surface area contributed by atoms with Gasteiger partial charge in [-0.15, -0.1) is 0 Å². The zero-order valence-electron chi connectivity index (χ0n) is 10.5. The maximum atomic E-state index is 12.5. The number of aryl methyl sites for hydroxylation is 1. The van der Waals surface area contributed by atoms with Crippen molar-refractivity contribution in [2.24, 2.45) is 11.7 Å². The first-order chi connectivity index (χ1) is 8.15. The lowest BCUT2D eigenvalue weighted by Crippen LogP contribution is -2.51. The third-order valence-electron chi connectivity index (χ3n) is 3.70. The van der Waals surface area contributed by atoms with Crippen molar-refractivity contribution in [3.05, 3.63) is 21.9 Å². The number of nitrogens with zero attached hydrogens (tertiary/aromatic N) is 1. The number of amides is 1. The van der Waals surface area contributed by atoms with Crippen LogP contribution in [0.5, 0.6) is 0 Å². The van der Waals surface area contributed by atoms with Gasteiger partial charge in [0.05, 0.1) is 5.56 Å². The highest BCUT2D eigenvalue weighted by atomic mass is 32.1. The number of likely N-dealkylation sites (tertiary alicyclic amines) is 1. The van der Waals surface area contributed by atoms with Crippen molar-refractivity contribution in [1.29, 1.82) is 0 Å². The van der Waals surface area contributed by atoms with Gasteiger partial charge in [-0.1, -0.05) is 6.92 Å². The van der Waals surface area contributed by atoms with Crippen LogP contribution in [0.25, 0.3) is 0 Å². The van der Waals surface area contributed by atoms with E-state index in [0.29, 0.717) is 12.5 Å². The van der Waals surface area contributed by atoms with Crippen LogP contribution >= 0.6 is 11.3 Å². The molecule has 1 fully saturated rings. The van der Waals surface area contributed by atoms with Gasteiger partial charge in [0.1, 0.15) is 0 Å². The number of thiophene rings is 1. The lowest BCUT2D eigenvalue weighted by molar-refractivity contribution is 0.0532.